The summed E-state index contributed by atoms with van der Waals surface area (Å²) in [6.45, 7) is 3.71. The average Bonchev–Trinajstić information content (AvgIpc) is 2.69. The molecule has 4 aromatic rings. The van der Waals surface area contributed by atoms with Crippen molar-refractivity contribution in [1.82, 2.24) is 0 Å². The molecule has 0 saturated carbocycles. The molecule has 3 aromatic carbocycles. The van der Waals surface area contributed by atoms with Crippen LogP contribution in [0.5, 0.6) is 0 Å². The predicted molar refractivity (Wildman–Crippen MR) is 105 cm³/mol. The largest absolute Gasteiger partial charge is 0.220 e. The summed E-state index contributed by atoms with van der Waals surface area (Å²) < 4.78 is 38.9. The number of aryl methyl sites for hydroxylation is 1. The van der Waals surface area contributed by atoms with Crippen molar-refractivity contribution in [2.75, 3.05) is 0 Å². The van der Waals surface area contributed by atoms with Gasteiger partial charge in [-0.15, -0.1) is 0 Å². The Labute approximate surface area is 158 Å². The maximum atomic E-state index is 14.8. The van der Waals surface area contributed by atoms with Crippen LogP contribution in [0.2, 0.25) is 0 Å². The van der Waals surface area contributed by atoms with Crippen LogP contribution < -0.4 is 4.57 Å². The van der Waals surface area contributed by atoms with Crippen molar-refractivity contribution in [1.29, 1.82) is 0 Å². The Kier molecular flexibility index (Phi) is 3.93. The Bertz CT molecular complexity index is 1220. The van der Waals surface area contributed by atoms with Crippen molar-refractivity contribution in [3.63, 3.8) is 0 Å². The topological polar surface area (TPSA) is 3.88 Å². The van der Waals surface area contributed by atoms with Gasteiger partial charge in [0.1, 0.15) is 18.7 Å². The summed E-state index contributed by atoms with van der Waals surface area (Å²) in [7, 11) is 1.89. The molecule has 1 nitrogen and oxygen atoms in total. The van der Waals surface area contributed by atoms with E-state index in [1.807, 2.05) is 61.9 Å². The Morgan fingerprint density at radius 3 is 2.37 bits per heavy atom. The minimum Gasteiger partial charge on any atom is -0.207 e. The van der Waals surface area contributed by atoms with Gasteiger partial charge in [0.2, 0.25) is 5.69 Å². The smallest absolute Gasteiger partial charge is 0.207 e. The quantitative estimate of drug-likeness (QED) is 0.392. The molecule has 0 saturated heterocycles. The molecule has 0 amide bonds. The predicted octanol–water partition coefficient (Wildman–Crippen LogP) is 5.89. The van der Waals surface area contributed by atoms with Crippen LogP contribution in [0.25, 0.3) is 33.2 Å². The number of pyridine rings is 1. The first-order chi connectivity index (χ1) is 13.4. The summed E-state index contributed by atoms with van der Waals surface area (Å²) in [6.07, 6.45) is 0. The van der Waals surface area contributed by atoms with Crippen LogP contribution in [0.3, 0.4) is 0 Å². The normalized spacial score (nSPS) is 11.7. The third-order valence-electron chi connectivity index (χ3n) is 5.04. The molecule has 0 radical (unpaired) electrons. The van der Waals surface area contributed by atoms with Gasteiger partial charge in [-0.25, -0.2) is 8.78 Å². The molecule has 0 spiro atoms. The number of nitrogens with zero attached hydrogens (tertiary/aromatic N) is 1. The first-order valence-corrected chi connectivity index (χ1v) is 8.83. The second-order valence-electron chi connectivity index (χ2n) is 6.82. The third-order valence-corrected chi connectivity index (χ3v) is 5.04. The van der Waals surface area contributed by atoms with Crippen LogP contribution in [0.1, 0.15) is 12.6 Å². The number of fused-ring (bicyclic) bond motifs is 1. The zero-order valence-corrected chi connectivity index (χ0v) is 15.5. The fourth-order valence-electron chi connectivity index (χ4n) is 3.55. The van der Waals surface area contributed by atoms with E-state index in [4.69, 9.17) is 1.37 Å². The van der Waals surface area contributed by atoms with Gasteiger partial charge in [0.05, 0.1) is 12.3 Å². The van der Waals surface area contributed by atoms with E-state index in [1.54, 1.807) is 6.07 Å². The van der Waals surface area contributed by atoms with Crippen LogP contribution in [-0.4, -0.2) is 0 Å². The van der Waals surface area contributed by atoms with Gasteiger partial charge in [-0.2, -0.15) is 4.57 Å². The molecule has 0 unspecified atom stereocenters. The molecule has 0 N–H and O–H groups in total. The number of aromatic nitrogens is 1. The monoisotopic (exact) mass is 361 g/mol. The van der Waals surface area contributed by atoms with Crippen LogP contribution in [0.15, 0.2) is 66.7 Å². The van der Waals surface area contributed by atoms with Gasteiger partial charge in [-0.1, -0.05) is 30.3 Å². The zero-order chi connectivity index (χ0) is 20.0. The molecular formula is C24H20F2N+. The summed E-state index contributed by atoms with van der Waals surface area (Å²) in [5, 5.41) is 1.32. The zero-order valence-electron chi connectivity index (χ0n) is 16.5. The van der Waals surface area contributed by atoms with Gasteiger partial charge in [-0.05, 0) is 53.8 Å². The summed E-state index contributed by atoms with van der Waals surface area (Å²) in [6, 6.07) is 17.6. The van der Waals surface area contributed by atoms with Gasteiger partial charge < -0.3 is 0 Å². The van der Waals surface area contributed by atoms with E-state index < -0.39 is 0 Å². The Hall–Kier alpha value is -3.07. The van der Waals surface area contributed by atoms with Crippen LogP contribution in [0.4, 0.5) is 8.78 Å². The van der Waals surface area contributed by atoms with E-state index in [-0.39, 0.29) is 11.6 Å². The van der Waals surface area contributed by atoms with E-state index >= 15 is 0 Å². The molecule has 4 rings (SSSR count). The molecule has 0 bridgehead atoms. The maximum Gasteiger partial charge on any atom is 0.220 e. The van der Waals surface area contributed by atoms with Crippen molar-refractivity contribution in [3.05, 3.63) is 89.6 Å². The maximum absolute atomic E-state index is 14.8. The van der Waals surface area contributed by atoms with Crippen LogP contribution in [-0.2, 0) is 7.05 Å². The number of hydrogen-bond acceptors (Lipinski definition) is 0. The lowest BCUT2D eigenvalue weighted by atomic mass is 9.94. The number of benzene rings is 3. The van der Waals surface area contributed by atoms with E-state index in [0.29, 0.717) is 17.0 Å². The SMILES string of the molecule is [2H]c1c(C)[n+](C)c(-c2cc(-c3ccccc3)c(F)cc2C)c2ccc(F)cc12. The highest BCUT2D eigenvalue weighted by atomic mass is 19.1. The molecule has 0 atom stereocenters. The standard InChI is InChI=1S/C24H20F2N/c1-15-11-23(26)22(17-7-5-4-6-8-17)14-21(15)24-20-10-9-19(25)13-18(20)12-16(2)27(24)3/h4-14H,1-3H3/q+1/i12D. The van der Waals surface area contributed by atoms with Gasteiger partial charge in [0, 0.05) is 18.5 Å². The first-order valence-electron chi connectivity index (χ1n) is 9.33. The Morgan fingerprint density at radius 1 is 0.889 bits per heavy atom. The van der Waals surface area contributed by atoms with Gasteiger partial charge >= 0.3 is 0 Å². The van der Waals surface area contributed by atoms with Crippen molar-refractivity contribution < 1.29 is 14.7 Å². The summed E-state index contributed by atoms with van der Waals surface area (Å²) in [5.74, 6) is -0.653. The highest BCUT2D eigenvalue weighted by Crippen LogP contribution is 2.34. The van der Waals surface area contributed by atoms with E-state index in [0.717, 1.165) is 33.5 Å². The highest BCUT2D eigenvalue weighted by molar-refractivity contribution is 5.94. The number of rotatable bonds is 2. The van der Waals surface area contributed by atoms with Crippen LogP contribution in [0, 0.1) is 25.5 Å². The fourth-order valence-corrected chi connectivity index (χ4v) is 3.55. The summed E-state index contributed by atoms with van der Waals surface area (Å²) >= 11 is 0. The Balaban J connectivity index is 2.09. The molecule has 0 aliphatic heterocycles. The summed E-state index contributed by atoms with van der Waals surface area (Å²) in [4.78, 5) is 0. The molecule has 0 aliphatic carbocycles. The van der Waals surface area contributed by atoms with E-state index in [9.17, 15) is 8.78 Å². The minimum atomic E-state index is -0.374. The molecule has 134 valence electrons. The average molecular weight is 361 g/mol. The number of halogens is 2. The lowest BCUT2D eigenvalue weighted by Crippen LogP contribution is -2.35. The van der Waals surface area contributed by atoms with E-state index in [1.165, 1.54) is 18.2 Å². The molecule has 0 fully saturated rings. The first kappa shape index (κ1) is 16.1. The molecule has 0 aliphatic rings. The van der Waals surface area contributed by atoms with Crippen molar-refractivity contribution >= 4 is 10.8 Å². The lowest BCUT2D eigenvalue weighted by Gasteiger charge is -2.13. The molecule has 3 heteroatoms. The number of hydrogen-bond donors (Lipinski definition) is 0. The molecule has 27 heavy (non-hydrogen) atoms. The second kappa shape index (κ2) is 6.58. The third kappa shape index (κ3) is 2.99. The van der Waals surface area contributed by atoms with Crippen molar-refractivity contribution in [2.45, 2.75) is 13.8 Å². The van der Waals surface area contributed by atoms with Crippen molar-refractivity contribution in [3.8, 4) is 22.4 Å². The summed E-state index contributed by atoms with van der Waals surface area (Å²) in [5.41, 5.74) is 4.53. The van der Waals surface area contributed by atoms with Gasteiger partial charge in [0.15, 0.2) is 5.69 Å². The molecule has 1 aromatic heterocycles. The second-order valence-corrected chi connectivity index (χ2v) is 6.82. The van der Waals surface area contributed by atoms with Gasteiger partial charge in [-0.3, -0.25) is 0 Å². The Morgan fingerprint density at radius 2 is 1.63 bits per heavy atom. The van der Waals surface area contributed by atoms with Crippen LogP contribution >= 0.6 is 0 Å². The lowest BCUT2D eigenvalue weighted by molar-refractivity contribution is -0.665. The van der Waals surface area contributed by atoms with Gasteiger partial charge in [0.25, 0.3) is 0 Å². The highest BCUT2D eigenvalue weighted by Gasteiger charge is 2.22. The molecule has 1 heterocycles. The fraction of sp³-hybridized carbons (Fsp3) is 0.125. The van der Waals surface area contributed by atoms with Crippen molar-refractivity contribution in [2.24, 2.45) is 7.05 Å². The molecular weight excluding hydrogens is 340 g/mol. The van der Waals surface area contributed by atoms with E-state index in [2.05, 4.69) is 0 Å². The minimum absolute atomic E-state index is 0.278.